The minimum absolute atomic E-state index is 0.210. The van der Waals surface area contributed by atoms with Gasteiger partial charge in [0.1, 0.15) is 12.9 Å². The maximum Gasteiger partial charge on any atom is 0.338 e. The summed E-state index contributed by atoms with van der Waals surface area (Å²) in [6.45, 7) is 0.343. The lowest BCUT2D eigenvalue weighted by atomic mass is 10.1. The van der Waals surface area contributed by atoms with Crippen molar-refractivity contribution in [3.05, 3.63) is 34.9 Å². The van der Waals surface area contributed by atoms with Gasteiger partial charge in [0, 0.05) is 11.1 Å². The van der Waals surface area contributed by atoms with Crippen molar-refractivity contribution in [2.45, 2.75) is 13.0 Å². The predicted octanol–water partition coefficient (Wildman–Crippen LogP) is 1.30. The Morgan fingerprint density at radius 3 is 3.13 bits per heavy atom. The van der Waals surface area contributed by atoms with Gasteiger partial charge in [-0.1, -0.05) is 17.9 Å². The Labute approximate surface area is 87.1 Å². The molecule has 3 nitrogen and oxygen atoms in total. The molecule has 1 aliphatic heterocycles. The Kier molecular flexibility index (Phi) is 2.51. The van der Waals surface area contributed by atoms with Gasteiger partial charge in [0.25, 0.3) is 0 Å². The molecule has 1 aromatic carbocycles. The van der Waals surface area contributed by atoms with E-state index in [4.69, 9.17) is 4.74 Å². The molecular weight excluding hydrogens is 192 g/mol. The first-order valence-electron chi connectivity index (χ1n) is 4.54. The van der Waals surface area contributed by atoms with Crippen LogP contribution in [0.4, 0.5) is 0 Å². The summed E-state index contributed by atoms with van der Waals surface area (Å²) in [6.07, 6.45) is 0.955. The molecule has 0 amide bonds. The van der Waals surface area contributed by atoms with Crippen LogP contribution in [0.25, 0.3) is 0 Å². The molecule has 1 aliphatic rings. The minimum atomic E-state index is -0.302. The summed E-state index contributed by atoms with van der Waals surface area (Å²) in [5, 5.41) is 0. The van der Waals surface area contributed by atoms with Crippen LogP contribution in [0.1, 0.15) is 27.9 Å². The maximum absolute atomic E-state index is 11.2. The fourth-order valence-corrected chi connectivity index (χ4v) is 1.39. The molecule has 1 aromatic rings. The Morgan fingerprint density at radius 2 is 2.33 bits per heavy atom. The summed E-state index contributed by atoms with van der Waals surface area (Å²) in [7, 11) is 0. The van der Waals surface area contributed by atoms with Crippen LogP contribution in [0.5, 0.6) is 0 Å². The van der Waals surface area contributed by atoms with Crippen molar-refractivity contribution < 1.29 is 14.3 Å². The van der Waals surface area contributed by atoms with Crippen molar-refractivity contribution in [3.63, 3.8) is 0 Å². The molecule has 0 radical (unpaired) electrons. The van der Waals surface area contributed by atoms with E-state index < -0.39 is 0 Å². The number of hydrogen-bond acceptors (Lipinski definition) is 3. The van der Waals surface area contributed by atoms with Gasteiger partial charge in [0.2, 0.25) is 0 Å². The molecule has 0 aromatic heterocycles. The number of fused-ring (bicyclic) bond motifs is 1. The zero-order chi connectivity index (χ0) is 10.7. The number of rotatable bonds is 1. The Morgan fingerprint density at radius 1 is 1.47 bits per heavy atom. The summed E-state index contributed by atoms with van der Waals surface area (Å²) < 4.78 is 4.86. The Bertz CT molecular complexity index is 477. The molecule has 3 heteroatoms. The summed E-state index contributed by atoms with van der Waals surface area (Å²) in [5.41, 5.74) is 2.20. The number of aldehydes is 1. The molecule has 0 saturated carbocycles. The first kappa shape index (κ1) is 9.47. The number of hydrogen-bond donors (Lipinski definition) is 0. The molecule has 0 saturated heterocycles. The number of carbonyl (C=O) groups is 2. The van der Waals surface area contributed by atoms with Crippen LogP contribution in [0, 0.1) is 11.8 Å². The SMILES string of the molecule is O=CCC#Cc1ccc2c(c1)C(=O)OC2. The molecule has 74 valence electrons. The van der Waals surface area contributed by atoms with Gasteiger partial charge in [-0.2, -0.15) is 0 Å². The minimum Gasteiger partial charge on any atom is -0.457 e. The van der Waals surface area contributed by atoms with Gasteiger partial charge in [-0.05, 0) is 12.1 Å². The van der Waals surface area contributed by atoms with E-state index in [-0.39, 0.29) is 12.4 Å². The quantitative estimate of drug-likeness (QED) is 0.390. The molecular formula is C12H8O3. The topological polar surface area (TPSA) is 43.4 Å². The Hall–Kier alpha value is -2.08. The van der Waals surface area contributed by atoms with E-state index in [2.05, 4.69) is 11.8 Å². The van der Waals surface area contributed by atoms with Crippen molar-refractivity contribution in [1.82, 2.24) is 0 Å². The lowest BCUT2D eigenvalue weighted by Gasteiger charge is -1.94. The first-order valence-corrected chi connectivity index (χ1v) is 4.54. The van der Waals surface area contributed by atoms with Gasteiger partial charge >= 0.3 is 5.97 Å². The lowest BCUT2D eigenvalue weighted by Crippen LogP contribution is -1.93. The van der Waals surface area contributed by atoms with Crippen molar-refractivity contribution >= 4 is 12.3 Å². The van der Waals surface area contributed by atoms with E-state index in [1.54, 1.807) is 6.07 Å². The first-order chi connectivity index (χ1) is 7.31. The predicted molar refractivity (Wildman–Crippen MR) is 53.1 cm³/mol. The van der Waals surface area contributed by atoms with Crippen LogP contribution in [-0.4, -0.2) is 12.3 Å². The summed E-state index contributed by atoms with van der Waals surface area (Å²) in [4.78, 5) is 21.3. The Balaban J connectivity index is 2.30. The standard InChI is InChI=1S/C12H8O3/c13-6-2-1-3-9-4-5-10-8-15-12(14)11(10)7-9/h4-7H,2,8H2. The van der Waals surface area contributed by atoms with Gasteiger partial charge in [-0.15, -0.1) is 0 Å². The van der Waals surface area contributed by atoms with Crippen LogP contribution in [0.2, 0.25) is 0 Å². The maximum atomic E-state index is 11.2. The molecule has 0 aliphatic carbocycles. The third-order valence-electron chi connectivity index (χ3n) is 2.11. The largest absolute Gasteiger partial charge is 0.457 e. The average molecular weight is 200 g/mol. The molecule has 15 heavy (non-hydrogen) atoms. The lowest BCUT2D eigenvalue weighted by molar-refractivity contribution is -0.107. The van der Waals surface area contributed by atoms with Crippen LogP contribution in [0.15, 0.2) is 18.2 Å². The number of cyclic esters (lactones) is 1. The molecule has 1 heterocycles. The highest BCUT2D eigenvalue weighted by atomic mass is 16.5. The van der Waals surface area contributed by atoms with Crippen LogP contribution in [-0.2, 0) is 16.1 Å². The highest BCUT2D eigenvalue weighted by molar-refractivity contribution is 5.93. The smallest absolute Gasteiger partial charge is 0.338 e. The zero-order valence-corrected chi connectivity index (χ0v) is 7.95. The fourth-order valence-electron chi connectivity index (χ4n) is 1.39. The van der Waals surface area contributed by atoms with Crippen LogP contribution >= 0.6 is 0 Å². The van der Waals surface area contributed by atoms with Crippen LogP contribution < -0.4 is 0 Å². The molecule has 0 fully saturated rings. The second-order valence-electron chi connectivity index (χ2n) is 3.12. The molecule has 0 unspecified atom stereocenters. The summed E-state index contributed by atoms with van der Waals surface area (Å²) in [5.74, 6) is 5.19. The summed E-state index contributed by atoms with van der Waals surface area (Å²) >= 11 is 0. The van der Waals surface area contributed by atoms with Gasteiger partial charge in [0.05, 0.1) is 12.0 Å². The third kappa shape index (κ3) is 1.89. The summed E-state index contributed by atoms with van der Waals surface area (Å²) in [6, 6.07) is 5.34. The van der Waals surface area contributed by atoms with Gasteiger partial charge in [-0.25, -0.2) is 4.79 Å². The number of benzene rings is 1. The number of esters is 1. The fraction of sp³-hybridized carbons (Fsp3) is 0.167. The van der Waals surface area contributed by atoms with Gasteiger partial charge in [0.15, 0.2) is 0 Å². The monoisotopic (exact) mass is 200 g/mol. The van der Waals surface area contributed by atoms with Gasteiger partial charge < -0.3 is 9.53 Å². The molecule has 0 spiro atoms. The van der Waals surface area contributed by atoms with Crippen molar-refractivity contribution in [1.29, 1.82) is 0 Å². The second kappa shape index (κ2) is 3.97. The highest BCUT2D eigenvalue weighted by Crippen LogP contribution is 2.20. The second-order valence-corrected chi connectivity index (χ2v) is 3.12. The van der Waals surface area contributed by atoms with E-state index in [9.17, 15) is 9.59 Å². The van der Waals surface area contributed by atoms with E-state index in [1.165, 1.54) is 0 Å². The third-order valence-corrected chi connectivity index (χ3v) is 2.11. The average Bonchev–Trinajstić information content (AvgIpc) is 2.61. The molecule has 0 bridgehead atoms. The normalized spacial score (nSPS) is 12.4. The zero-order valence-electron chi connectivity index (χ0n) is 7.95. The number of carbonyl (C=O) groups excluding carboxylic acids is 2. The molecule has 0 N–H and O–H groups in total. The highest BCUT2D eigenvalue weighted by Gasteiger charge is 2.20. The molecule has 2 rings (SSSR count). The van der Waals surface area contributed by atoms with Crippen LogP contribution in [0.3, 0.4) is 0 Å². The van der Waals surface area contributed by atoms with Crippen molar-refractivity contribution in [2.75, 3.05) is 0 Å². The van der Waals surface area contributed by atoms with E-state index in [0.29, 0.717) is 12.2 Å². The molecule has 0 atom stereocenters. The number of ether oxygens (including phenoxy) is 1. The van der Waals surface area contributed by atoms with Gasteiger partial charge in [-0.3, -0.25) is 0 Å². The van der Waals surface area contributed by atoms with E-state index >= 15 is 0 Å². The van der Waals surface area contributed by atoms with Crippen molar-refractivity contribution in [3.8, 4) is 11.8 Å². The van der Waals surface area contributed by atoms with E-state index in [1.807, 2.05) is 12.1 Å². The van der Waals surface area contributed by atoms with E-state index in [0.717, 1.165) is 17.4 Å². The van der Waals surface area contributed by atoms with Crippen molar-refractivity contribution in [2.24, 2.45) is 0 Å².